The van der Waals surface area contributed by atoms with Crippen LogP contribution in [0.15, 0.2) is 24.4 Å². The normalized spacial score (nSPS) is 13.2. The van der Waals surface area contributed by atoms with Crippen LogP contribution in [0.4, 0.5) is 32.2 Å². The standard InChI is InChI=1S/C20H24F3N5O3.C2HF3O2/c1-10(2)27-18(30)16-17(24)25-8-15(28-16)14-7-13(6-5-11(14)3)19(31,20(21,22)23)9-26-12(4)29;3-2(4,5)1(6)7/h5-8,10,31H,9H2,1-4H3,(H2,24,25)(H,26,29)(H,27,30);(H,6,7). The number of nitrogens with two attached hydrogens (primary N) is 1. The third-order valence-corrected chi connectivity index (χ3v) is 4.73. The molecule has 6 N–H and O–H groups in total. The van der Waals surface area contributed by atoms with Gasteiger partial charge in [0.1, 0.15) is 0 Å². The van der Waals surface area contributed by atoms with Gasteiger partial charge in [-0.1, -0.05) is 12.1 Å². The number of carboxylic acid groups (broad SMARTS) is 1. The van der Waals surface area contributed by atoms with Crippen molar-refractivity contribution in [2.24, 2.45) is 0 Å². The average Bonchev–Trinajstić information content (AvgIpc) is 2.76. The summed E-state index contributed by atoms with van der Waals surface area (Å²) in [4.78, 5) is 40.5. The number of carboxylic acids is 1. The Balaban J connectivity index is 0.000000905. The van der Waals surface area contributed by atoms with Crippen molar-refractivity contribution < 1.29 is 50.9 Å². The lowest BCUT2D eigenvalue weighted by Gasteiger charge is -2.31. The number of aliphatic carboxylic acids is 1. The second-order valence-electron chi connectivity index (χ2n) is 8.22. The first-order valence-corrected chi connectivity index (χ1v) is 10.6. The first-order valence-electron chi connectivity index (χ1n) is 10.6. The topological polar surface area (TPSA) is 168 Å². The van der Waals surface area contributed by atoms with Crippen LogP contribution in [0.5, 0.6) is 0 Å². The van der Waals surface area contributed by atoms with Gasteiger partial charge in [0, 0.05) is 18.5 Å². The number of benzene rings is 1. The Hall–Kier alpha value is -3.95. The Morgan fingerprint density at radius 3 is 2.11 bits per heavy atom. The van der Waals surface area contributed by atoms with E-state index in [-0.39, 0.29) is 28.8 Å². The lowest BCUT2D eigenvalue weighted by Crippen LogP contribution is -2.50. The van der Waals surface area contributed by atoms with Gasteiger partial charge in [-0.15, -0.1) is 0 Å². The smallest absolute Gasteiger partial charge is 0.475 e. The van der Waals surface area contributed by atoms with Gasteiger partial charge in [0.05, 0.1) is 18.4 Å². The molecule has 16 heteroatoms. The fourth-order valence-corrected chi connectivity index (χ4v) is 2.80. The zero-order valence-electron chi connectivity index (χ0n) is 20.5. The Bertz CT molecular complexity index is 1190. The van der Waals surface area contributed by atoms with Gasteiger partial charge in [-0.25, -0.2) is 14.8 Å². The molecule has 0 spiro atoms. The molecule has 38 heavy (non-hydrogen) atoms. The molecule has 2 amide bonds. The summed E-state index contributed by atoms with van der Waals surface area (Å²) in [6.45, 7) is 5.10. The number of carbonyl (C=O) groups is 3. The zero-order valence-corrected chi connectivity index (χ0v) is 20.5. The molecule has 0 fully saturated rings. The second kappa shape index (κ2) is 12.1. The molecule has 210 valence electrons. The minimum absolute atomic E-state index is 0.103. The number of hydrogen-bond donors (Lipinski definition) is 5. The first kappa shape index (κ1) is 32.1. The van der Waals surface area contributed by atoms with Crippen molar-refractivity contribution in [1.29, 1.82) is 0 Å². The maximum Gasteiger partial charge on any atom is 0.490 e. The molecule has 0 radical (unpaired) electrons. The Kier molecular flexibility index (Phi) is 10.2. The highest BCUT2D eigenvalue weighted by molar-refractivity contribution is 5.97. The van der Waals surface area contributed by atoms with Crippen molar-refractivity contribution in [2.75, 3.05) is 12.3 Å². The van der Waals surface area contributed by atoms with Crippen molar-refractivity contribution in [1.82, 2.24) is 20.6 Å². The molecular formula is C22H25F6N5O5. The Morgan fingerprint density at radius 1 is 1.11 bits per heavy atom. The van der Waals surface area contributed by atoms with Crippen LogP contribution >= 0.6 is 0 Å². The zero-order chi connectivity index (χ0) is 29.6. The summed E-state index contributed by atoms with van der Waals surface area (Å²) in [7, 11) is 0. The minimum Gasteiger partial charge on any atom is -0.475 e. The largest absolute Gasteiger partial charge is 0.490 e. The fourth-order valence-electron chi connectivity index (χ4n) is 2.80. The number of aliphatic hydroxyl groups is 1. The molecule has 1 aromatic carbocycles. The Labute approximate surface area is 212 Å². The Morgan fingerprint density at radius 2 is 1.66 bits per heavy atom. The van der Waals surface area contributed by atoms with Crippen LogP contribution in [0.3, 0.4) is 0 Å². The van der Waals surface area contributed by atoms with Crippen LogP contribution in [-0.4, -0.2) is 62.9 Å². The van der Waals surface area contributed by atoms with E-state index in [0.717, 1.165) is 19.1 Å². The van der Waals surface area contributed by atoms with Gasteiger partial charge in [0.2, 0.25) is 11.5 Å². The maximum atomic E-state index is 13.7. The van der Waals surface area contributed by atoms with Gasteiger partial charge < -0.3 is 26.6 Å². The van der Waals surface area contributed by atoms with E-state index in [2.05, 4.69) is 15.3 Å². The summed E-state index contributed by atoms with van der Waals surface area (Å²) in [5.41, 5.74) is 2.59. The molecule has 1 heterocycles. The summed E-state index contributed by atoms with van der Waals surface area (Å²) in [6, 6.07) is 3.40. The van der Waals surface area contributed by atoms with E-state index in [0.29, 0.717) is 5.56 Å². The molecule has 0 bridgehead atoms. The number of nitrogens with zero attached hydrogens (tertiary/aromatic N) is 2. The predicted molar refractivity (Wildman–Crippen MR) is 122 cm³/mol. The number of nitrogens with one attached hydrogen (secondary N) is 2. The highest BCUT2D eigenvalue weighted by Crippen LogP contribution is 2.40. The number of aromatic nitrogens is 2. The number of rotatable bonds is 6. The van der Waals surface area contributed by atoms with Crippen LogP contribution in [0.1, 0.15) is 42.4 Å². The maximum absolute atomic E-state index is 13.7. The van der Waals surface area contributed by atoms with E-state index >= 15 is 0 Å². The molecule has 1 aromatic heterocycles. The monoisotopic (exact) mass is 553 g/mol. The first-order chi connectivity index (χ1) is 17.2. The number of anilines is 1. The summed E-state index contributed by atoms with van der Waals surface area (Å²) in [6.07, 6.45) is -8.93. The van der Waals surface area contributed by atoms with E-state index in [1.807, 2.05) is 5.32 Å². The minimum atomic E-state index is -5.08. The van der Waals surface area contributed by atoms with E-state index in [9.17, 15) is 41.0 Å². The molecule has 2 rings (SSSR count). The van der Waals surface area contributed by atoms with Crippen LogP contribution in [0.2, 0.25) is 0 Å². The number of carbonyl (C=O) groups excluding carboxylic acids is 2. The van der Waals surface area contributed by atoms with Crippen molar-refractivity contribution in [3.63, 3.8) is 0 Å². The number of nitrogen functional groups attached to an aromatic ring is 1. The summed E-state index contributed by atoms with van der Waals surface area (Å²) < 4.78 is 72.9. The number of halogens is 6. The molecule has 1 atom stereocenters. The molecule has 0 aliphatic heterocycles. The molecule has 10 nitrogen and oxygen atoms in total. The second-order valence-corrected chi connectivity index (χ2v) is 8.22. The highest BCUT2D eigenvalue weighted by Gasteiger charge is 2.55. The number of alkyl halides is 6. The molecular weight excluding hydrogens is 528 g/mol. The summed E-state index contributed by atoms with van der Waals surface area (Å²) >= 11 is 0. The van der Waals surface area contributed by atoms with Crippen molar-refractivity contribution in [3.05, 3.63) is 41.2 Å². The van der Waals surface area contributed by atoms with Crippen molar-refractivity contribution in [3.8, 4) is 11.3 Å². The SMILES string of the molecule is CC(=O)NCC(O)(c1ccc(C)c(-c2cnc(N)c(C(=O)NC(C)C)n2)c1)C(F)(F)F.O=C(O)C(F)(F)F. The molecule has 0 saturated heterocycles. The van der Waals surface area contributed by atoms with Gasteiger partial charge in [0.15, 0.2) is 11.5 Å². The average molecular weight is 553 g/mol. The number of hydrogen-bond acceptors (Lipinski definition) is 7. The van der Waals surface area contributed by atoms with Gasteiger partial charge in [-0.05, 0) is 38.0 Å². The summed E-state index contributed by atoms with van der Waals surface area (Å²) in [5.74, 6) is -4.19. The van der Waals surface area contributed by atoms with Crippen molar-refractivity contribution >= 4 is 23.6 Å². The fraction of sp³-hybridized carbons (Fsp3) is 0.409. The number of amides is 2. The highest BCUT2D eigenvalue weighted by atomic mass is 19.4. The third-order valence-electron chi connectivity index (χ3n) is 4.73. The van der Waals surface area contributed by atoms with E-state index in [4.69, 9.17) is 15.6 Å². The van der Waals surface area contributed by atoms with Crippen LogP contribution in [0, 0.1) is 6.92 Å². The van der Waals surface area contributed by atoms with Gasteiger partial charge in [-0.2, -0.15) is 26.3 Å². The molecule has 1 unspecified atom stereocenters. The lowest BCUT2D eigenvalue weighted by molar-refractivity contribution is -0.264. The van der Waals surface area contributed by atoms with Gasteiger partial charge >= 0.3 is 18.3 Å². The van der Waals surface area contributed by atoms with E-state index in [1.54, 1.807) is 20.8 Å². The lowest BCUT2D eigenvalue weighted by atomic mass is 9.89. The third kappa shape index (κ3) is 8.29. The van der Waals surface area contributed by atoms with Gasteiger partial charge in [-0.3, -0.25) is 9.59 Å². The molecule has 0 aliphatic rings. The molecule has 0 aliphatic carbocycles. The molecule has 0 saturated carbocycles. The van der Waals surface area contributed by atoms with Crippen LogP contribution in [0.25, 0.3) is 11.3 Å². The predicted octanol–water partition coefficient (Wildman–Crippen LogP) is 2.69. The quantitative estimate of drug-likeness (QED) is 0.341. The van der Waals surface area contributed by atoms with Crippen molar-refractivity contribution in [2.45, 2.75) is 51.7 Å². The van der Waals surface area contributed by atoms with Crippen LogP contribution < -0.4 is 16.4 Å². The van der Waals surface area contributed by atoms with E-state index in [1.165, 1.54) is 12.3 Å². The number of aryl methyl sites for hydroxylation is 1. The van der Waals surface area contributed by atoms with Crippen LogP contribution in [-0.2, 0) is 15.2 Å². The summed E-state index contributed by atoms with van der Waals surface area (Å²) in [5, 5.41) is 22.2. The van der Waals surface area contributed by atoms with E-state index < -0.39 is 47.8 Å². The molecule has 2 aromatic rings. The van der Waals surface area contributed by atoms with Gasteiger partial charge in [0.25, 0.3) is 5.91 Å².